The van der Waals surface area contributed by atoms with Crippen LogP contribution in [0.15, 0.2) is 59.2 Å². The van der Waals surface area contributed by atoms with E-state index in [1.807, 2.05) is 54.3 Å². The first-order valence-corrected chi connectivity index (χ1v) is 9.53. The highest BCUT2D eigenvalue weighted by Gasteiger charge is 2.29. The fraction of sp³-hybridized carbons (Fsp3) is 0.238. The van der Waals surface area contributed by atoms with Crippen LogP contribution in [0.3, 0.4) is 0 Å². The quantitative estimate of drug-likeness (QED) is 0.607. The Kier molecular flexibility index (Phi) is 4.41. The number of hydrogen-bond donors (Lipinski definition) is 0. The Balaban J connectivity index is 1.63. The van der Waals surface area contributed by atoms with Crippen molar-refractivity contribution >= 4 is 21.8 Å². The fourth-order valence-electron chi connectivity index (χ4n) is 3.61. The van der Waals surface area contributed by atoms with Crippen molar-refractivity contribution in [2.45, 2.75) is 26.4 Å². The van der Waals surface area contributed by atoms with Gasteiger partial charge in [-0.1, -0.05) is 28.1 Å². The maximum absolute atomic E-state index is 13.1. The van der Waals surface area contributed by atoms with Crippen molar-refractivity contribution < 1.29 is 4.79 Å². The van der Waals surface area contributed by atoms with Gasteiger partial charge in [0.05, 0.1) is 23.0 Å². The number of nitrogens with zero attached hydrogens (tertiary/aromatic N) is 3. The van der Waals surface area contributed by atoms with Gasteiger partial charge in [0.15, 0.2) is 0 Å². The molecule has 3 aromatic rings. The number of carbonyl (C=O) groups excluding carboxylic acids is 1. The molecule has 0 saturated carbocycles. The Morgan fingerprint density at radius 2 is 2.00 bits per heavy atom. The molecular weight excluding hydrogens is 390 g/mol. The predicted octanol–water partition coefficient (Wildman–Crippen LogP) is 4.84. The van der Waals surface area contributed by atoms with E-state index in [2.05, 4.69) is 44.7 Å². The van der Waals surface area contributed by atoms with Crippen LogP contribution in [0.1, 0.15) is 34.7 Å². The highest BCUT2D eigenvalue weighted by atomic mass is 79.9. The maximum atomic E-state index is 13.1. The van der Waals surface area contributed by atoms with Crippen molar-refractivity contribution in [2.75, 3.05) is 6.54 Å². The predicted molar refractivity (Wildman–Crippen MR) is 106 cm³/mol. The van der Waals surface area contributed by atoms with Gasteiger partial charge in [0.25, 0.3) is 5.91 Å². The van der Waals surface area contributed by atoms with Gasteiger partial charge in [0.1, 0.15) is 0 Å². The minimum Gasteiger partial charge on any atom is -0.348 e. The van der Waals surface area contributed by atoms with E-state index in [9.17, 15) is 4.79 Å². The Labute approximate surface area is 161 Å². The number of rotatable bonds is 2. The molecule has 3 heterocycles. The van der Waals surface area contributed by atoms with Crippen molar-refractivity contribution in [1.82, 2.24) is 14.5 Å². The van der Waals surface area contributed by atoms with E-state index in [-0.39, 0.29) is 11.9 Å². The van der Waals surface area contributed by atoms with Crippen molar-refractivity contribution in [3.63, 3.8) is 0 Å². The van der Waals surface area contributed by atoms with Gasteiger partial charge in [-0.2, -0.15) is 0 Å². The lowest BCUT2D eigenvalue weighted by molar-refractivity contribution is 0.0643. The summed E-state index contributed by atoms with van der Waals surface area (Å²) in [5.74, 6) is 0.0516. The van der Waals surface area contributed by atoms with Crippen LogP contribution in [0, 0.1) is 6.92 Å². The van der Waals surface area contributed by atoms with Crippen LogP contribution >= 0.6 is 15.9 Å². The number of pyridine rings is 1. The van der Waals surface area contributed by atoms with Crippen LogP contribution in [-0.4, -0.2) is 26.9 Å². The van der Waals surface area contributed by atoms with E-state index >= 15 is 0 Å². The van der Waals surface area contributed by atoms with E-state index in [0.717, 1.165) is 28.0 Å². The largest absolute Gasteiger partial charge is 0.348 e. The minimum absolute atomic E-state index is 0.0516. The molecule has 1 aliphatic heterocycles. The maximum Gasteiger partial charge on any atom is 0.256 e. The second-order valence-corrected chi connectivity index (χ2v) is 7.56. The molecular formula is C21H20BrN3O. The van der Waals surface area contributed by atoms with Crippen LogP contribution in [0.25, 0.3) is 11.3 Å². The third-order valence-electron chi connectivity index (χ3n) is 5.04. The molecule has 1 unspecified atom stereocenters. The third kappa shape index (κ3) is 2.97. The number of carbonyl (C=O) groups is 1. The number of amides is 1. The first-order valence-electron chi connectivity index (χ1n) is 8.74. The molecule has 1 aliphatic rings. The molecule has 1 amide bonds. The van der Waals surface area contributed by atoms with Crippen LogP contribution in [0.2, 0.25) is 0 Å². The molecule has 0 aliphatic carbocycles. The summed E-state index contributed by atoms with van der Waals surface area (Å²) < 4.78 is 3.23. The molecule has 26 heavy (non-hydrogen) atoms. The monoisotopic (exact) mass is 409 g/mol. The standard InChI is InChI=1S/C21H20BrN3O/c1-14-18(8-9-19(23-14)16-5-3-6-17(22)13-16)21(26)25-12-11-24-10-4-7-20(24)15(25)2/h3-10,13,15H,11-12H2,1-2H3. The molecule has 1 atom stereocenters. The van der Waals surface area contributed by atoms with E-state index < -0.39 is 0 Å². The molecule has 0 spiro atoms. The summed E-state index contributed by atoms with van der Waals surface area (Å²) in [5, 5.41) is 0. The number of aryl methyl sites for hydroxylation is 1. The van der Waals surface area contributed by atoms with Crippen molar-refractivity contribution in [3.05, 3.63) is 76.2 Å². The Morgan fingerprint density at radius 3 is 2.77 bits per heavy atom. The molecule has 0 bridgehead atoms. The topological polar surface area (TPSA) is 38.1 Å². The smallest absolute Gasteiger partial charge is 0.256 e. The molecule has 4 nitrogen and oxygen atoms in total. The lowest BCUT2D eigenvalue weighted by Crippen LogP contribution is -2.41. The summed E-state index contributed by atoms with van der Waals surface area (Å²) in [4.78, 5) is 19.8. The average molecular weight is 410 g/mol. The molecule has 1 aromatic carbocycles. The van der Waals surface area contributed by atoms with Gasteiger partial charge in [-0.3, -0.25) is 9.78 Å². The van der Waals surface area contributed by atoms with Crippen molar-refractivity contribution in [1.29, 1.82) is 0 Å². The fourth-order valence-corrected chi connectivity index (χ4v) is 4.01. The normalized spacial score (nSPS) is 16.4. The van der Waals surface area contributed by atoms with Gasteiger partial charge in [0.2, 0.25) is 0 Å². The summed E-state index contributed by atoms with van der Waals surface area (Å²) in [6.45, 7) is 5.54. The molecule has 0 N–H and O–H groups in total. The van der Waals surface area contributed by atoms with Crippen LogP contribution in [0.5, 0.6) is 0 Å². The van der Waals surface area contributed by atoms with E-state index in [1.54, 1.807) is 0 Å². The lowest BCUT2D eigenvalue weighted by atomic mass is 10.1. The number of aromatic nitrogens is 2. The first kappa shape index (κ1) is 17.0. The van der Waals surface area contributed by atoms with Gasteiger partial charge in [-0.25, -0.2) is 0 Å². The summed E-state index contributed by atoms with van der Waals surface area (Å²) in [5.41, 5.74) is 4.53. The van der Waals surface area contributed by atoms with E-state index in [4.69, 9.17) is 0 Å². The Morgan fingerprint density at radius 1 is 1.15 bits per heavy atom. The summed E-state index contributed by atoms with van der Waals surface area (Å²) in [7, 11) is 0. The molecule has 2 aromatic heterocycles. The molecule has 132 valence electrons. The summed E-state index contributed by atoms with van der Waals surface area (Å²) >= 11 is 3.49. The zero-order valence-electron chi connectivity index (χ0n) is 14.8. The lowest BCUT2D eigenvalue weighted by Gasteiger charge is -2.35. The summed E-state index contributed by atoms with van der Waals surface area (Å²) in [6, 6.07) is 16.1. The average Bonchev–Trinajstić information content (AvgIpc) is 3.11. The molecule has 0 fully saturated rings. The van der Waals surface area contributed by atoms with Gasteiger partial charge in [-0.05, 0) is 50.2 Å². The van der Waals surface area contributed by atoms with Crippen LogP contribution in [-0.2, 0) is 6.54 Å². The van der Waals surface area contributed by atoms with E-state index in [0.29, 0.717) is 12.1 Å². The van der Waals surface area contributed by atoms with Crippen molar-refractivity contribution in [3.8, 4) is 11.3 Å². The van der Waals surface area contributed by atoms with Gasteiger partial charge in [-0.15, -0.1) is 0 Å². The third-order valence-corrected chi connectivity index (χ3v) is 5.53. The van der Waals surface area contributed by atoms with Gasteiger partial charge < -0.3 is 9.47 Å². The van der Waals surface area contributed by atoms with Gasteiger partial charge in [0, 0.05) is 35.0 Å². The molecule has 5 heteroatoms. The highest BCUT2D eigenvalue weighted by molar-refractivity contribution is 9.10. The Bertz CT molecular complexity index is 979. The zero-order chi connectivity index (χ0) is 18.3. The SMILES string of the molecule is Cc1nc(-c2cccc(Br)c2)ccc1C(=O)N1CCn2cccc2C1C. The number of benzene rings is 1. The highest BCUT2D eigenvalue weighted by Crippen LogP contribution is 2.28. The second-order valence-electron chi connectivity index (χ2n) is 6.64. The second kappa shape index (κ2) is 6.72. The molecule has 0 saturated heterocycles. The van der Waals surface area contributed by atoms with Gasteiger partial charge >= 0.3 is 0 Å². The summed E-state index contributed by atoms with van der Waals surface area (Å²) in [6.07, 6.45) is 2.08. The molecule has 4 rings (SSSR count). The van der Waals surface area contributed by atoms with E-state index in [1.165, 1.54) is 5.69 Å². The minimum atomic E-state index is 0.0516. The first-order chi connectivity index (χ1) is 12.5. The Hall–Kier alpha value is -2.40. The number of fused-ring (bicyclic) bond motifs is 1. The molecule has 0 radical (unpaired) electrons. The van der Waals surface area contributed by atoms with Crippen LogP contribution in [0.4, 0.5) is 0 Å². The zero-order valence-corrected chi connectivity index (χ0v) is 16.4. The number of halogens is 1. The number of hydrogen-bond acceptors (Lipinski definition) is 2. The van der Waals surface area contributed by atoms with Crippen molar-refractivity contribution in [2.24, 2.45) is 0 Å². The van der Waals surface area contributed by atoms with Crippen LogP contribution < -0.4 is 0 Å².